The second-order valence-electron chi connectivity index (χ2n) is 4.57. The molecule has 0 radical (unpaired) electrons. The van der Waals surface area contributed by atoms with Crippen LogP contribution in [0.25, 0.3) is 0 Å². The van der Waals surface area contributed by atoms with Crippen LogP contribution in [0.15, 0.2) is 28.8 Å². The Hall–Kier alpha value is -2.02. The lowest BCUT2D eigenvalue weighted by molar-refractivity contribution is -0.0498. The maximum atomic E-state index is 12.0. The van der Waals surface area contributed by atoms with Gasteiger partial charge in [0.2, 0.25) is 5.89 Å². The van der Waals surface area contributed by atoms with Crippen molar-refractivity contribution in [1.82, 2.24) is 10.1 Å². The molecule has 1 aromatic carbocycles. The largest absolute Gasteiger partial charge is 0.435 e. The Morgan fingerprint density at radius 3 is 2.35 bits per heavy atom. The predicted molar refractivity (Wildman–Crippen MR) is 67.5 cm³/mol. The molecule has 2 N–H and O–H groups in total. The fraction of sp³-hybridized carbons (Fsp3) is 0.385. The number of ether oxygens (including phenoxy) is 1. The van der Waals surface area contributed by atoms with Crippen molar-refractivity contribution >= 4 is 0 Å². The van der Waals surface area contributed by atoms with Gasteiger partial charge in [-0.2, -0.15) is 13.8 Å². The summed E-state index contributed by atoms with van der Waals surface area (Å²) in [5, 5.41) is 3.82. The van der Waals surface area contributed by atoms with E-state index in [0.717, 1.165) is 0 Å². The maximum absolute atomic E-state index is 12.0. The molecule has 0 saturated heterocycles. The zero-order valence-corrected chi connectivity index (χ0v) is 11.1. The van der Waals surface area contributed by atoms with Crippen molar-refractivity contribution in [2.75, 3.05) is 0 Å². The van der Waals surface area contributed by atoms with Gasteiger partial charge in [-0.3, -0.25) is 0 Å². The smallest absolute Gasteiger partial charge is 0.387 e. The molecule has 20 heavy (non-hydrogen) atoms. The normalized spacial score (nSPS) is 12.9. The summed E-state index contributed by atoms with van der Waals surface area (Å²) in [6, 6.07) is 5.45. The third-order valence-corrected chi connectivity index (χ3v) is 2.69. The second-order valence-corrected chi connectivity index (χ2v) is 4.57. The zero-order chi connectivity index (χ0) is 14.7. The molecule has 0 saturated carbocycles. The van der Waals surface area contributed by atoms with Gasteiger partial charge in [0.05, 0.1) is 6.04 Å². The van der Waals surface area contributed by atoms with Gasteiger partial charge >= 0.3 is 6.61 Å². The molecule has 1 aromatic heterocycles. The Kier molecular flexibility index (Phi) is 4.29. The van der Waals surface area contributed by atoms with Crippen LogP contribution in [0.1, 0.15) is 43.1 Å². The first-order valence-corrected chi connectivity index (χ1v) is 6.11. The minimum Gasteiger partial charge on any atom is -0.435 e. The quantitative estimate of drug-likeness (QED) is 0.913. The zero-order valence-electron chi connectivity index (χ0n) is 11.1. The third-order valence-electron chi connectivity index (χ3n) is 2.69. The molecule has 108 valence electrons. The summed E-state index contributed by atoms with van der Waals surface area (Å²) in [6.07, 6.45) is 0. The summed E-state index contributed by atoms with van der Waals surface area (Å²) < 4.78 is 33.4. The van der Waals surface area contributed by atoms with Crippen LogP contribution >= 0.6 is 0 Å². The molecule has 0 aliphatic rings. The molecule has 0 amide bonds. The molecule has 5 nitrogen and oxygen atoms in total. The number of benzene rings is 1. The van der Waals surface area contributed by atoms with Crippen molar-refractivity contribution in [3.8, 4) is 5.75 Å². The standard InChI is InChI=1S/C13H15F2N3O2/c1-7(2)12-17-11(18-20-12)10(16)8-3-5-9(6-4-8)19-13(14)15/h3-7,10,13H,16H2,1-2H3. The van der Waals surface area contributed by atoms with Gasteiger partial charge in [0.1, 0.15) is 5.75 Å². The van der Waals surface area contributed by atoms with Crippen molar-refractivity contribution in [2.45, 2.75) is 32.4 Å². The molecule has 1 unspecified atom stereocenters. The summed E-state index contributed by atoms with van der Waals surface area (Å²) in [6.45, 7) is 1.01. The van der Waals surface area contributed by atoms with E-state index in [1.54, 1.807) is 12.1 Å². The fourth-order valence-corrected chi connectivity index (χ4v) is 1.61. The Bertz CT molecular complexity index is 555. The fourth-order valence-electron chi connectivity index (χ4n) is 1.61. The highest BCUT2D eigenvalue weighted by Gasteiger charge is 2.17. The van der Waals surface area contributed by atoms with Crippen LogP contribution in [-0.4, -0.2) is 16.8 Å². The molecule has 0 spiro atoms. The molecular weight excluding hydrogens is 268 g/mol. The van der Waals surface area contributed by atoms with Crippen molar-refractivity contribution < 1.29 is 18.0 Å². The number of nitrogens with two attached hydrogens (primary N) is 1. The van der Waals surface area contributed by atoms with Gasteiger partial charge in [-0.05, 0) is 17.7 Å². The molecule has 2 aromatic rings. The molecule has 2 rings (SSSR count). The van der Waals surface area contributed by atoms with Gasteiger partial charge in [0.15, 0.2) is 5.82 Å². The average molecular weight is 283 g/mol. The van der Waals surface area contributed by atoms with E-state index in [0.29, 0.717) is 17.3 Å². The van der Waals surface area contributed by atoms with Crippen LogP contribution in [0.5, 0.6) is 5.75 Å². The van der Waals surface area contributed by atoms with Crippen LogP contribution in [0, 0.1) is 0 Å². The third kappa shape index (κ3) is 3.30. The SMILES string of the molecule is CC(C)c1nc(C(N)c2ccc(OC(F)F)cc2)no1. The number of hydrogen-bond donors (Lipinski definition) is 1. The minimum absolute atomic E-state index is 0.0759. The summed E-state index contributed by atoms with van der Waals surface area (Å²) in [5.41, 5.74) is 6.69. The highest BCUT2D eigenvalue weighted by molar-refractivity contribution is 5.31. The first kappa shape index (κ1) is 14.4. The molecule has 0 bridgehead atoms. The van der Waals surface area contributed by atoms with Crippen LogP contribution in [0.3, 0.4) is 0 Å². The van der Waals surface area contributed by atoms with Crippen molar-refractivity contribution in [3.05, 3.63) is 41.5 Å². The second kappa shape index (κ2) is 5.96. The van der Waals surface area contributed by atoms with Gasteiger partial charge in [-0.25, -0.2) is 0 Å². The lowest BCUT2D eigenvalue weighted by Crippen LogP contribution is -2.13. The number of hydrogen-bond acceptors (Lipinski definition) is 5. The van der Waals surface area contributed by atoms with Crippen molar-refractivity contribution in [2.24, 2.45) is 5.73 Å². The highest BCUT2D eigenvalue weighted by Crippen LogP contribution is 2.22. The van der Waals surface area contributed by atoms with E-state index in [1.165, 1.54) is 12.1 Å². The van der Waals surface area contributed by atoms with Gasteiger partial charge in [-0.1, -0.05) is 31.1 Å². The number of halogens is 2. The van der Waals surface area contributed by atoms with Crippen molar-refractivity contribution in [1.29, 1.82) is 0 Å². The topological polar surface area (TPSA) is 74.2 Å². The Balaban J connectivity index is 2.13. The Morgan fingerprint density at radius 1 is 1.20 bits per heavy atom. The molecule has 0 aliphatic carbocycles. The van der Waals surface area contributed by atoms with Gasteiger partial charge in [0, 0.05) is 5.92 Å². The number of aromatic nitrogens is 2. The van der Waals surface area contributed by atoms with Crippen LogP contribution in [0.4, 0.5) is 8.78 Å². The summed E-state index contributed by atoms with van der Waals surface area (Å²) >= 11 is 0. The van der Waals surface area contributed by atoms with Crippen LogP contribution in [0.2, 0.25) is 0 Å². The number of rotatable bonds is 5. The summed E-state index contributed by atoms with van der Waals surface area (Å²) in [5.74, 6) is 1.06. The molecule has 1 atom stereocenters. The van der Waals surface area contributed by atoms with E-state index >= 15 is 0 Å². The van der Waals surface area contributed by atoms with E-state index < -0.39 is 12.7 Å². The first-order chi connectivity index (χ1) is 9.47. The molecular formula is C13H15F2N3O2. The van der Waals surface area contributed by atoms with Gasteiger partial charge < -0.3 is 15.0 Å². The lowest BCUT2D eigenvalue weighted by atomic mass is 10.1. The van der Waals surface area contributed by atoms with E-state index in [2.05, 4.69) is 14.9 Å². The molecule has 0 fully saturated rings. The summed E-state index contributed by atoms with van der Waals surface area (Å²) in [7, 11) is 0. The van der Waals surface area contributed by atoms with E-state index in [4.69, 9.17) is 10.3 Å². The minimum atomic E-state index is -2.85. The van der Waals surface area contributed by atoms with Gasteiger partial charge in [-0.15, -0.1) is 0 Å². The monoisotopic (exact) mass is 283 g/mol. The predicted octanol–water partition coefficient (Wildman–Crippen LogP) is 2.84. The van der Waals surface area contributed by atoms with Crippen LogP contribution in [-0.2, 0) is 0 Å². The van der Waals surface area contributed by atoms with Crippen LogP contribution < -0.4 is 10.5 Å². The molecule has 1 heterocycles. The Morgan fingerprint density at radius 2 is 1.85 bits per heavy atom. The van der Waals surface area contributed by atoms with E-state index in [1.807, 2.05) is 13.8 Å². The summed E-state index contributed by atoms with van der Waals surface area (Å²) in [4.78, 5) is 4.20. The Labute approximate surface area is 114 Å². The highest BCUT2D eigenvalue weighted by atomic mass is 19.3. The molecule has 0 aliphatic heterocycles. The average Bonchev–Trinajstić information content (AvgIpc) is 2.88. The first-order valence-electron chi connectivity index (χ1n) is 6.11. The number of nitrogens with zero attached hydrogens (tertiary/aromatic N) is 2. The van der Waals surface area contributed by atoms with E-state index in [-0.39, 0.29) is 11.7 Å². The van der Waals surface area contributed by atoms with Crippen molar-refractivity contribution in [3.63, 3.8) is 0 Å². The lowest BCUT2D eigenvalue weighted by Gasteiger charge is -2.09. The maximum Gasteiger partial charge on any atom is 0.387 e. The van der Waals surface area contributed by atoms with E-state index in [9.17, 15) is 8.78 Å². The number of alkyl halides is 2. The van der Waals surface area contributed by atoms with Gasteiger partial charge in [0.25, 0.3) is 0 Å². The molecule has 7 heteroatoms.